The van der Waals surface area contributed by atoms with Gasteiger partial charge in [0.25, 0.3) is 11.1 Å². The number of ether oxygens (including phenoxy) is 1. The zero-order valence-electron chi connectivity index (χ0n) is 21.1. The quantitative estimate of drug-likeness (QED) is 0.0982. The van der Waals surface area contributed by atoms with Crippen LogP contribution in [0.1, 0.15) is 0 Å². The number of hydrogen-bond donors (Lipinski definition) is 7. The average molecular weight is 648 g/mol. The number of alkyl halides is 1. The highest BCUT2D eigenvalue weighted by Gasteiger charge is 2.56. The number of aliphatic hydroxyl groups is 3. The standard InChI is InChI=1S/C20H23FN9O9PS2/c21-19(29-6-25-10-14(29)23-5-24-16(10)34)3-37-8(12(19)32)2-38-40(36,41)39-20(4-42-9(1-31)13(20)33)30-7-26-11-15(30)27-18(22)28-17(11)35/h5-9,12-13,31-33H,1-4H2,(H,36,41)(H,23,24,34)(H3,22,27,28,35)/t8-,9-,12-,13-,19+,20+,40?/m1/s1. The molecule has 22 heteroatoms. The number of nitrogens with one attached hydrogen (secondary N) is 2. The number of anilines is 1. The van der Waals surface area contributed by atoms with Gasteiger partial charge in [-0.1, -0.05) is 0 Å². The van der Waals surface area contributed by atoms with Crippen molar-refractivity contribution in [2.45, 2.75) is 35.1 Å². The van der Waals surface area contributed by atoms with Crippen molar-refractivity contribution in [3.63, 3.8) is 0 Å². The van der Waals surface area contributed by atoms with E-state index < -0.39 is 72.7 Å². The van der Waals surface area contributed by atoms with Crippen LogP contribution in [0.4, 0.5) is 10.3 Å². The summed E-state index contributed by atoms with van der Waals surface area (Å²) in [5.41, 5.74) is 1.97. The Morgan fingerprint density at radius 1 is 1.19 bits per heavy atom. The normalized spacial score (nSPS) is 31.3. The number of hydrogen-bond acceptors (Lipinski definition) is 15. The van der Waals surface area contributed by atoms with Gasteiger partial charge in [0.15, 0.2) is 28.1 Å². The molecule has 2 saturated heterocycles. The Balaban J connectivity index is 1.26. The number of H-pyrrole nitrogens is 2. The van der Waals surface area contributed by atoms with Crippen LogP contribution in [0.5, 0.6) is 0 Å². The molecule has 7 atom stereocenters. The number of rotatable bonds is 8. The number of nitrogens with two attached hydrogens (primary N) is 1. The van der Waals surface area contributed by atoms with Crippen molar-refractivity contribution in [3.05, 3.63) is 39.7 Å². The second-order valence-corrected chi connectivity index (χ2v) is 13.5. The summed E-state index contributed by atoms with van der Waals surface area (Å²) in [4.78, 5) is 55.9. The summed E-state index contributed by atoms with van der Waals surface area (Å²) in [6.07, 6.45) is -1.56. The van der Waals surface area contributed by atoms with E-state index >= 15 is 4.39 Å². The van der Waals surface area contributed by atoms with E-state index in [-0.39, 0.29) is 34.0 Å². The first-order valence-electron chi connectivity index (χ1n) is 12.1. The lowest BCUT2D eigenvalue weighted by molar-refractivity contribution is -0.101. The third-order valence-electron chi connectivity index (χ3n) is 7.05. The van der Waals surface area contributed by atoms with Gasteiger partial charge in [0.05, 0.1) is 31.1 Å². The van der Waals surface area contributed by atoms with E-state index in [1.165, 1.54) is 4.57 Å². The second-order valence-electron chi connectivity index (χ2n) is 9.55. The smallest absolute Gasteiger partial charge is 0.326 e. The SMILES string of the molecule is Nc1nc2c(ncn2[C@]2(OP(O)(=S)OC[C@H]3OC[C@](F)(n4cnc5c(=O)[nH]cnc54)[C@@H]3O)CS[C@H](CO)[C@H]2O)c(=O)[nH]1. The molecule has 226 valence electrons. The van der Waals surface area contributed by atoms with Gasteiger partial charge in [0.1, 0.15) is 31.2 Å². The molecule has 0 bridgehead atoms. The summed E-state index contributed by atoms with van der Waals surface area (Å²) >= 11 is 6.30. The molecule has 0 aliphatic carbocycles. The van der Waals surface area contributed by atoms with E-state index in [1.807, 2.05) is 0 Å². The summed E-state index contributed by atoms with van der Waals surface area (Å²) in [5.74, 6) is -2.96. The predicted molar refractivity (Wildman–Crippen MR) is 146 cm³/mol. The van der Waals surface area contributed by atoms with Crippen LogP contribution in [-0.4, -0.2) is 108 Å². The molecule has 0 aromatic carbocycles. The Bertz CT molecular complexity index is 1840. The molecule has 1 unspecified atom stereocenters. The fourth-order valence-corrected chi connectivity index (χ4v) is 7.96. The fraction of sp³-hybridized carbons (Fsp3) is 0.500. The minimum absolute atomic E-state index is 0.0961. The van der Waals surface area contributed by atoms with Gasteiger partial charge >= 0.3 is 6.72 Å². The molecule has 8 N–H and O–H groups in total. The van der Waals surface area contributed by atoms with Crippen molar-refractivity contribution >= 4 is 58.6 Å². The van der Waals surface area contributed by atoms with Crippen molar-refractivity contribution in [2.24, 2.45) is 0 Å². The van der Waals surface area contributed by atoms with E-state index in [1.54, 1.807) is 0 Å². The lowest BCUT2D eigenvalue weighted by atomic mass is 10.1. The molecule has 6 heterocycles. The van der Waals surface area contributed by atoms with Crippen LogP contribution in [0.25, 0.3) is 22.3 Å². The van der Waals surface area contributed by atoms with Crippen molar-refractivity contribution < 1.29 is 38.4 Å². The minimum atomic E-state index is -4.36. The molecule has 42 heavy (non-hydrogen) atoms. The molecular formula is C20H23FN9O9PS2. The highest BCUT2D eigenvalue weighted by atomic mass is 32.5. The predicted octanol–water partition coefficient (Wildman–Crippen LogP) is -2.41. The van der Waals surface area contributed by atoms with Crippen LogP contribution < -0.4 is 16.9 Å². The molecule has 4 aromatic heterocycles. The molecule has 0 saturated carbocycles. The van der Waals surface area contributed by atoms with Crippen molar-refractivity contribution in [1.82, 2.24) is 39.0 Å². The van der Waals surface area contributed by atoms with E-state index in [0.717, 1.165) is 35.3 Å². The zero-order chi connectivity index (χ0) is 30.0. The third kappa shape index (κ3) is 4.56. The summed E-state index contributed by atoms with van der Waals surface area (Å²) in [7, 11) is 0. The first kappa shape index (κ1) is 29.2. The number of halogens is 1. The van der Waals surface area contributed by atoms with Gasteiger partial charge in [-0.25, -0.2) is 19.3 Å². The van der Waals surface area contributed by atoms with Gasteiger partial charge in [0.2, 0.25) is 11.7 Å². The molecule has 2 aliphatic rings. The van der Waals surface area contributed by atoms with Gasteiger partial charge in [-0.05, 0) is 11.8 Å². The molecule has 0 radical (unpaired) electrons. The first-order chi connectivity index (χ1) is 19.9. The first-order valence-corrected chi connectivity index (χ1v) is 15.8. The van der Waals surface area contributed by atoms with E-state index in [0.29, 0.717) is 0 Å². The number of thioether (sulfide) groups is 1. The Morgan fingerprint density at radius 2 is 1.90 bits per heavy atom. The highest BCUT2D eigenvalue weighted by Crippen LogP contribution is 2.55. The summed E-state index contributed by atoms with van der Waals surface area (Å²) in [6, 6.07) is 0. The van der Waals surface area contributed by atoms with Crippen LogP contribution in [0.2, 0.25) is 0 Å². The summed E-state index contributed by atoms with van der Waals surface area (Å²) in [5, 5.41) is 31.0. The average Bonchev–Trinajstić information content (AvgIpc) is 3.70. The zero-order valence-corrected chi connectivity index (χ0v) is 23.6. The maximum Gasteiger partial charge on any atom is 0.326 e. The number of aromatic nitrogens is 8. The van der Waals surface area contributed by atoms with Crippen LogP contribution in [0.15, 0.2) is 28.6 Å². The molecule has 4 aromatic rings. The second kappa shape index (κ2) is 10.4. The van der Waals surface area contributed by atoms with Crippen molar-refractivity contribution in [1.29, 1.82) is 0 Å². The van der Waals surface area contributed by atoms with Crippen LogP contribution in [-0.2, 0) is 37.1 Å². The molecule has 0 spiro atoms. The van der Waals surface area contributed by atoms with Gasteiger partial charge < -0.3 is 40.2 Å². The largest absolute Gasteiger partial charge is 0.395 e. The molecular weight excluding hydrogens is 624 g/mol. The number of nitrogens with zero attached hydrogens (tertiary/aromatic N) is 6. The Labute approximate surface area is 241 Å². The monoisotopic (exact) mass is 647 g/mol. The number of aliphatic hydroxyl groups excluding tert-OH is 3. The topological polar surface area (TPSA) is 262 Å². The molecule has 2 aliphatic heterocycles. The van der Waals surface area contributed by atoms with E-state index in [9.17, 15) is 29.8 Å². The van der Waals surface area contributed by atoms with Gasteiger partial charge in [-0.3, -0.25) is 28.2 Å². The molecule has 18 nitrogen and oxygen atoms in total. The van der Waals surface area contributed by atoms with E-state index in [4.69, 9.17) is 31.3 Å². The van der Waals surface area contributed by atoms with Crippen molar-refractivity contribution in [2.75, 3.05) is 31.3 Å². The highest BCUT2D eigenvalue weighted by molar-refractivity contribution is 8.07. The Hall–Kier alpha value is -2.85. The van der Waals surface area contributed by atoms with Gasteiger partial charge in [-0.2, -0.15) is 4.98 Å². The fourth-order valence-electron chi connectivity index (χ4n) is 4.93. The maximum absolute atomic E-state index is 16.0. The van der Waals surface area contributed by atoms with Crippen LogP contribution in [0.3, 0.4) is 0 Å². The van der Waals surface area contributed by atoms with Crippen LogP contribution >= 0.6 is 18.5 Å². The summed E-state index contributed by atoms with van der Waals surface area (Å²) < 4.78 is 34.8. The lowest BCUT2D eigenvalue weighted by Crippen LogP contribution is -2.48. The van der Waals surface area contributed by atoms with Crippen molar-refractivity contribution in [3.8, 4) is 0 Å². The number of nitrogen functional groups attached to an aromatic ring is 1. The number of imidazole rings is 2. The lowest BCUT2D eigenvalue weighted by Gasteiger charge is -2.36. The van der Waals surface area contributed by atoms with Crippen LogP contribution in [0, 0.1) is 0 Å². The molecule has 2 fully saturated rings. The number of aromatic amines is 2. The van der Waals surface area contributed by atoms with Gasteiger partial charge in [0, 0.05) is 5.75 Å². The summed E-state index contributed by atoms with van der Waals surface area (Å²) in [6.45, 7) is -6.17. The Kier molecular flexibility index (Phi) is 7.24. The molecule has 6 rings (SSSR count). The van der Waals surface area contributed by atoms with Gasteiger partial charge in [-0.15, -0.1) is 11.8 Å². The molecule has 0 amide bonds. The maximum atomic E-state index is 16.0. The number of fused-ring (bicyclic) bond motifs is 2. The minimum Gasteiger partial charge on any atom is -0.395 e. The third-order valence-corrected chi connectivity index (χ3v) is 10.0. The van der Waals surface area contributed by atoms with E-state index in [2.05, 4.69) is 29.9 Å². The Morgan fingerprint density at radius 3 is 2.62 bits per heavy atom.